The van der Waals surface area contributed by atoms with Crippen LogP contribution in [-0.4, -0.2) is 37.4 Å². The number of ether oxygens (including phenoxy) is 1. The van der Waals surface area contributed by atoms with Gasteiger partial charge in [-0.05, 0) is 59.6 Å². The van der Waals surface area contributed by atoms with Crippen molar-refractivity contribution in [1.29, 1.82) is 0 Å². The number of hydrogen-bond acceptors (Lipinski definition) is 4. The monoisotopic (exact) mass is 465 g/mol. The number of carbonyl (C=O) groups excluding carboxylic acids is 1. The number of rotatable bonds is 7. The summed E-state index contributed by atoms with van der Waals surface area (Å²) in [4.78, 5) is 14.2. The van der Waals surface area contributed by atoms with Crippen LogP contribution in [0.5, 0.6) is 5.75 Å². The van der Waals surface area contributed by atoms with Crippen molar-refractivity contribution in [1.82, 2.24) is 24.5 Å². The molecule has 0 N–H and O–H groups in total. The third kappa shape index (κ3) is 4.74. The first-order valence-corrected chi connectivity index (χ1v) is 9.94. The van der Waals surface area contributed by atoms with Crippen LogP contribution in [0.2, 0.25) is 5.02 Å². The highest BCUT2D eigenvalue weighted by molar-refractivity contribution is 9.10. The van der Waals surface area contributed by atoms with Crippen LogP contribution in [0.4, 0.5) is 0 Å². The van der Waals surface area contributed by atoms with Gasteiger partial charge in [0.25, 0.3) is 5.91 Å². The van der Waals surface area contributed by atoms with Gasteiger partial charge in [0.1, 0.15) is 5.75 Å². The zero-order chi connectivity index (χ0) is 20.3. The molecule has 0 fully saturated rings. The van der Waals surface area contributed by atoms with Crippen LogP contribution in [0.3, 0.4) is 0 Å². The lowest BCUT2D eigenvalue weighted by molar-refractivity contribution is 0.0775. The van der Waals surface area contributed by atoms with Crippen LogP contribution in [0.15, 0.2) is 41.1 Å². The smallest absolute Gasteiger partial charge is 0.274 e. The Labute approximate surface area is 177 Å². The Morgan fingerprint density at radius 2 is 2.07 bits per heavy atom. The van der Waals surface area contributed by atoms with E-state index in [0.717, 1.165) is 28.0 Å². The molecule has 2 heterocycles. The molecule has 0 aliphatic rings. The molecule has 7 nitrogen and oxygen atoms in total. The second-order valence-electron chi connectivity index (χ2n) is 6.36. The average Bonchev–Trinajstić information content (AvgIpc) is 3.27. The molecule has 0 bridgehead atoms. The molecule has 0 aliphatic carbocycles. The number of aryl methyl sites for hydroxylation is 2. The van der Waals surface area contributed by atoms with Gasteiger partial charge in [-0.1, -0.05) is 11.6 Å². The minimum absolute atomic E-state index is 0.181. The summed E-state index contributed by atoms with van der Waals surface area (Å²) < 4.78 is 10.0. The zero-order valence-corrected chi connectivity index (χ0v) is 18.2. The van der Waals surface area contributed by atoms with Gasteiger partial charge in [-0.2, -0.15) is 10.2 Å². The van der Waals surface area contributed by atoms with E-state index in [2.05, 4.69) is 26.1 Å². The first-order valence-electron chi connectivity index (χ1n) is 8.77. The first-order chi connectivity index (χ1) is 13.4. The Morgan fingerprint density at radius 3 is 2.75 bits per heavy atom. The lowest BCUT2D eigenvalue weighted by Gasteiger charge is -2.14. The number of halogens is 2. The van der Waals surface area contributed by atoms with Crippen molar-refractivity contribution in [2.75, 3.05) is 7.05 Å². The van der Waals surface area contributed by atoms with Crippen LogP contribution >= 0.6 is 27.5 Å². The Bertz CT molecular complexity index is 985. The van der Waals surface area contributed by atoms with Crippen LogP contribution in [0.1, 0.15) is 28.7 Å². The molecule has 148 valence electrons. The van der Waals surface area contributed by atoms with E-state index in [1.165, 1.54) is 0 Å². The highest BCUT2D eigenvalue weighted by Crippen LogP contribution is 2.22. The van der Waals surface area contributed by atoms with Crippen molar-refractivity contribution in [3.63, 3.8) is 0 Å². The Morgan fingerprint density at radius 1 is 1.29 bits per heavy atom. The second kappa shape index (κ2) is 8.79. The summed E-state index contributed by atoms with van der Waals surface area (Å²) in [5.74, 6) is 0.542. The Hall–Kier alpha value is -2.32. The minimum atomic E-state index is -0.181. The quantitative estimate of drug-likeness (QED) is 0.525. The normalized spacial score (nSPS) is 10.9. The molecule has 0 spiro atoms. The van der Waals surface area contributed by atoms with Crippen LogP contribution < -0.4 is 4.74 Å². The number of aromatic nitrogens is 4. The van der Waals surface area contributed by atoms with E-state index < -0.39 is 0 Å². The summed E-state index contributed by atoms with van der Waals surface area (Å²) in [6.45, 7) is 5.30. The molecule has 3 aromatic rings. The fourth-order valence-electron chi connectivity index (χ4n) is 2.66. The van der Waals surface area contributed by atoms with E-state index >= 15 is 0 Å². The van der Waals surface area contributed by atoms with Gasteiger partial charge in [0.05, 0.1) is 16.7 Å². The third-order valence-corrected chi connectivity index (χ3v) is 5.09. The highest BCUT2D eigenvalue weighted by Gasteiger charge is 2.18. The highest BCUT2D eigenvalue weighted by atomic mass is 79.9. The molecule has 0 unspecified atom stereocenters. The summed E-state index contributed by atoms with van der Waals surface area (Å²) in [5.41, 5.74) is 2.09. The SMILES string of the molecule is CCn1cc(Br)c(CN(C)C(=O)c2ccn(COc3ccc(Cl)cc3C)n2)n1. The predicted molar refractivity (Wildman–Crippen MR) is 110 cm³/mol. The maximum absolute atomic E-state index is 12.7. The number of nitrogens with zero attached hydrogens (tertiary/aromatic N) is 5. The number of amides is 1. The van der Waals surface area contributed by atoms with Crippen molar-refractivity contribution in [2.45, 2.75) is 33.7 Å². The number of hydrogen-bond donors (Lipinski definition) is 0. The van der Waals surface area contributed by atoms with E-state index in [4.69, 9.17) is 16.3 Å². The van der Waals surface area contributed by atoms with Gasteiger partial charge < -0.3 is 9.64 Å². The second-order valence-corrected chi connectivity index (χ2v) is 7.66. The number of benzene rings is 1. The van der Waals surface area contributed by atoms with Crippen molar-refractivity contribution >= 4 is 33.4 Å². The fraction of sp³-hybridized carbons (Fsp3) is 0.316. The van der Waals surface area contributed by atoms with Gasteiger partial charge in [0.15, 0.2) is 12.4 Å². The summed E-state index contributed by atoms with van der Waals surface area (Å²) >= 11 is 9.44. The largest absolute Gasteiger partial charge is 0.471 e. The topological polar surface area (TPSA) is 65.2 Å². The van der Waals surface area contributed by atoms with Gasteiger partial charge >= 0.3 is 0 Å². The van der Waals surface area contributed by atoms with E-state index in [1.54, 1.807) is 35.0 Å². The van der Waals surface area contributed by atoms with E-state index in [0.29, 0.717) is 17.3 Å². The molecule has 0 aliphatic heterocycles. The average molecular weight is 467 g/mol. The van der Waals surface area contributed by atoms with Gasteiger partial charge in [-0.25, -0.2) is 4.68 Å². The molecule has 0 saturated carbocycles. The molecule has 0 saturated heterocycles. The van der Waals surface area contributed by atoms with Crippen molar-refractivity contribution in [3.8, 4) is 5.75 Å². The van der Waals surface area contributed by atoms with Crippen molar-refractivity contribution < 1.29 is 9.53 Å². The maximum atomic E-state index is 12.7. The molecule has 1 amide bonds. The van der Waals surface area contributed by atoms with Crippen LogP contribution in [0, 0.1) is 6.92 Å². The zero-order valence-electron chi connectivity index (χ0n) is 15.9. The molecular formula is C19H21BrClN5O2. The minimum Gasteiger partial charge on any atom is -0.471 e. The summed E-state index contributed by atoms with van der Waals surface area (Å²) in [5, 5.41) is 9.43. The third-order valence-electron chi connectivity index (χ3n) is 4.19. The lowest BCUT2D eigenvalue weighted by atomic mass is 10.2. The standard InChI is InChI=1S/C19H21BrClN5O2/c1-4-25-10-15(20)17(23-25)11-24(3)19(27)16-7-8-26(22-16)12-28-18-6-5-14(21)9-13(18)2/h5-10H,4,11-12H2,1-3H3. The fourth-order valence-corrected chi connectivity index (χ4v) is 3.32. The Kier molecular flexibility index (Phi) is 6.41. The van der Waals surface area contributed by atoms with Gasteiger partial charge in [-0.3, -0.25) is 9.48 Å². The Balaban J connectivity index is 1.62. The van der Waals surface area contributed by atoms with Crippen LogP contribution in [-0.2, 0) is 19.8 Å². The maximum Gasteiger partial charge on any atom is 0.274 e. The van der Waals surface area contributed by atoms with E-state index in [-0.39, 0.29) is 12.6 Å². The van der Waals surface area contributed by atoms with Gasteiger partial charge in [0, 0.05) is 31.0 Å². The molecule has 0 radical (unpaired) electrons. The molecule has 0 atom stereocenters. The summed E-state index contributed by atoms with van der Waals surface area (Å²) in [7, 11) is 1.73. The number of carbonyl (C=O) groups is 1. The first kappa shape index (κ1) is 20.4. The molecule has 2 aromatic heterocycles. The van der Waals surface area contributed by atoms with Crippen molar-refractivity contribution in [2.24, 2.45) is 0 Å². The molecular weight excluding hydrogens is 446 g/mol. The van der Waals surface area contributed by atoms with E-state index in [9.17, 15) is 4.79 Å². The van der Waals surface area contributed by atoms with Gasteiger partial charge in [-0.15, -0.1) is 0 Å². The van der Waals surface area contributed by atoms with Crippen LogP contribution in [0.25, 0.3) is 0 Å². The van der Waals surface area contributed by atoms with Crippen molar-refractivity contribution in [3.05, 3.63) is 63.1 Å². The lowest BCUT2D eigenvalue weighted by Crippen LogP contribution is -2.27. The predicted octanol–water partition coefficient (Wildman–Crippen LogP) is 4.13. The van der Waals surface area contributed by atoms with E-state index in [1.807, 2.05) is 36.9 Å². The molecule has 1 aromatic carbocycles. The molecule has 9 heteroatoms. The summed E-state index contributed by atoms with van der Waals surface area (Å²) in [6, 6.07) is 7.10. The molecule has 3 rings (SSSR count). The molecule has 28 heavy (non-hydrogen) atoms. The van der Waals surface area contributed by atoms with Gasteiger partial charge in [0.2, 0.25) is 0 Å². The summed E-state index contributed by atoms with van der Waals surface area (Å²) in [6.07, 6.45) is 3.62.